The first kappa shape index (κ1) is 71.5. The van der Waals surface area contributed by atoms with Crippen molar-refractivity contribution in [3.8, 4) is 0 Å². The third-order valence-electron chi connectivity index (χ3n) is 8.89. The Morgan fingerprint density at radius 1 is 0.405 bits per heavy atom. The standard InChI is InChI=1S/C39H68NO27P3S4/c1-27(35(40)45)19-71-15-5-31(41)61-23-39(24-62-32(42)6-16-72-20-28(2)36(46)58-9-12-65-68(49,50)51,25-63-33(43)7-17-73-21-29(3)37(47)59-10-13-66-69(52,53)54)26-64-34(44)8-18-74-22-30(4)38(48)60-11-14-67-70(55,56)57/h27-30H,5-26H2,1-4H3,(H2,40,45)(H2,49,50,51)(H2,52,53,54)(H2,55,56,57). The topological polar surface area (TPSA) is 427 Å². The molecule has 0 aliphatic carbocycles. The molecule has 430 valence electrons. The van der Waals surface area contributed by atoms with Gasteiger partial charge in [-0.15, -0.1) is 0 Å². The largest absolute Gasteiger partial charge is 0.469 e. The Balaban J connectivity index is 5.94. The van der Waals surface area contributed by atoms with Crippen molar-refractivity contribution in [2.24, 2.45) is 34.8 Å². The van der Waals surface area contributed by atoms with Crippen LogP contribution in [-0.2, 0) is 98.8 Å². The molecule has 0 aromatic rings. The number of amides is 1. The molecule has 0 radical (unpaired) electrons. The summed E-state index contributed by atoms with van der Waals surface area (Å²) >= 11 is 4.79. The fourth-order valence-electron chi connectivity index (χ4n) is 4.74. The van der Waals surface area contributed by atoms with E-state index in [0.29, 0.717) is 5.75 Å². The predicted molar refractivity (Wildman–Crippen MR) is 267 cm³/mol. The van der Waals surface area contributed by atoms with Crippen molar-refractivity contribution in [2.45, 2.75) is 53.4 Å². The van der Waals surface area contributed by atoms with E-state index < -0.39 is 166 Å². The van der Waals surface area contributed by atoms with Gasteiger partial charge < -0.3 is 68.3 Å². The molecule has 0 aromatic carbocycles. The van der Waals surface area contributed by atoms with Crippen molar-refractivity contribution in [1.29, 1.82) is 0 Å². The molecule has 0 bridgehead atoms. The lowest BCUT2D eigenvalue weighted by molar-refractivity contribution is -0.170. The molecule has 0 saturated heterocycles. The lowest BCUT2D eigenvalue weighted by Crippen LogP contribution is -2.44. The molecule has 8 N–H and O–H groups in total. The van der Waals surface area contributed by atoms with Gasteiger partial charge in [-0.25, -0.2) is 13.7 Å². The molecule has 0 fully saturated rings. The summed E-state index contributed by atoms with van der Waals surface area (Å²) in [5.74, 6) is -6.75. The monoisotopic (exact) mass is 1200 g/mol. The highest BCUT2D eigenvalue weighted by Crippen LogP contribution is 2.36. The van der Waals surface area contributed by atoms with Crippen molar-refractivity contribution in [2.75, 3.05) is 112 Å². The van der Waals surface area contributed by atoms with Gasteiger partial charge in [0.2, 0.25) is 5.91 Å². The minimum atomic E-state index is -4.75. The molecule has 35 heteroatoms. The fraction of sp³-hybridized carbons (Fsp3) is 0.795. The van der Waals surface area contributed by atoms with Crippen LogP contribution >= 0.6 is 70.5 Å². The summed E-state index contributed by atoms with van der Waals surface area (Å²) < 4.78 is 82.2. The second-order valence-corrected chi connectivity index (χ2v) is 24.2. The molecule has 4 atom stereocenters. The van der Waals surface area contributed by atoms with Crippen LogP contribution in [0.15, 0.2) is 0 Å². The van der Waals surface area contributed by atoms with E-state index in [0.717, 1.165) is 0 Å². The average molecular weight is 1200 g/mol. The van der Waals surface area contributed by atoms with Gasteiger partial charge in [-0.2, -0.15) is 47.0 Å². The van der Waals surface area contributed by atoms with Crippen molar-refractivity contribution in [1.82, 2.24) is 0 Å². The number of phosphoric ester groups is 3. The van der Waals surface area contributed by atoms with Crippen LogP contribution in [0.1, 0.15) is 53.4 Å². The summed E-state index contributed by atoms with van der Waals surface area (Å²) in [7, 11) is -14.2. The molecule has 4 unspecified atom stereocenters. The van der Waals surface area contributed by atoms with E-state index in [1.165, 1.54) is 67.8 Å². The first-order chi connectivity index (χ1) is 34.4. The summed E-state index contributed by atoms with van der Waals surface area (Å²) in [4.78, 5) is 153. The van der Waals surface area contributed by atoms with Crippen LogP contribution in [0, 0.1) is 29.1 Å². The number of thioether (sulfide) groups is 4. The summed E-state index contributed by atoms with van der Waals surface area (Å²) in [6.07, 6.45) is -0.792. The number of esters is 7. The Labute approximate surface area is 444 Å². The fourth-order valence-corrected chi connectivity index (χ4v) is 9.58. The summed E-state index contributed by atoms with van der Waals surface area (Å²) in [6.45, 7) is 0.929. The second-order valence-electron chi connectivity index (χ2n) is 15.9. The van der Waals surface area contributed by atoms with E-state index in [1.807, 2.05) is 0 Å². The normalized spacial score (nSPS) is 14.3. The van der Waals surface area contributed by atoms with Gasteiger partial charge in [0.15, 0.2) is 0 Å². The van der Waals surface area contributed by atoms with E-state index in [-0.39, 0.29) is 66.0 Å². The molecule has 0 saturated carbocycles. The molecule has 28 nitrogen and oxygen atoms in total. The zero-order chi connectivity index (χ0) is 56.4. The molecule has 74 heavy (non-hydrogen) atoms. The molecule has 0 aliphatic rings. The van der Waals surface area contributed by atoms with Crippen LogP contribution in [0.5, 0.6) is 0 Å². The van der Waals surface area contributed by atoms with Gasteiger partial charge in [-0.05, 0) is 0 Å². The molecular formula is C39H68NO27P3S4. The Morgan fingerprint density at radius 2 is 0.635 bits per heavy atom. The summed E-state index contributed by atoms with van der Waals surface area (Å²) in [5.41, 5.74) is 3.62. The number of carbonyl (C=O) groups is 8. The van der Waals surface area contributed by atoms with Crippen LogP contribution < -0.4 is 5.73 Å². The van der Waals surface area contributed by atoms with E-state index in [1.54, 1.807) is 6.92 Å². The van der Waals surface area contributed by atoms with Crippen LogP contribution in [-0.4, -0.2) is 189 Å². The van der Waals surface area contributed by atoms with Crippen molar-refractivity contribution in [3.63, 3.8) is 0 Å². The highest BCUT2D eigenvalue weighted by atomic mass is 32.2. The molecule has 0 aliphatic heterocycles. The second kappa shape index (κ2) is 38.9. The lowest BCUT2D eigenvalue weighted by atomic mass is 9.92. The van der Waals surface area contributed by atoms with Gasteiger partial charge >= 0.3 is 65.3 Å². The Kier molecular flexibility index (Phi) is 37.6. The molecule has 0 heterocycles. The Morgan fingerprint density at radius 3 is 0.851 bits per heavy atom. The first-order valence-electron chi connectivity index (χ1n) is 22.3. The number of rotatable bonds is 44. The maximum absolute atomic E-state index is 13.1. The molecular weight excluding hydrogens is 1140 g/mol. The highest BCUT2D eigenvalue weighted by Gasteiger charge is 2.38. The quantitative estimate of drug-likeness (QED) is 0.0197. The number of nitrogens with two attached hydrogens (primary N) is 1. The first-order valence-corrected chi connectivity index (χ1v) is 31.5. The maximum atomic E-state index is 13.1. The van der Waals surface area contributed by atoms with Gasteiger partial charge in [0.25, 0.3) is 0 Å². The van der Waals surface area contributed by atoms with Gasteiger partial charge in [0.1, 0.15) is 51.7 Å². The average Bonchev–Trinajstić information content (AvgIpc) is 3.31. The zero-order valence-electron chi connectivity index (χ0n) is 41.2. The van der Waals surface area contributed by atoms with E-state index in [9.17, 15) is 52.1 Å². The molecule has 0 aromatic heterocycles. The number of primary amides is 1. The van der Waals surface area contributed by atoms with Gasteiger partial charge in [-0.3, -0.25) is 51.9 Å². The number of hydrogen-bond acceptors (Lipinski definition) is 25. The molecule has 0 rings (SSSR count). The minimum absolute atomic E-state index is 0.133. The van der Waals surface area contributed by atoms with Crippen molar-refractivity contribution in [3.05, 3.63) is 0 Å². The van der Waals surface area contributed by atoms with Crippen molar-refractivity contribution >= 4 is 118 Å². The van der Waals surface area contributed by atoms with E-state index in [4.69, 9.17) is 68.3 Å². The highest BCUT2D eigenvalue weighted by molar-refractivity contribution is 8.00. The molecule has 1 amide bonds. The summed E-state index contributed by atoms with van der Waals surface area (Å²) in [5, 5.41) is 0. The number of phosphoric acid groups is 3. The van der Waals surface area contributed by atoms with Gasteiger partial charge in [0.05, 0.1) is 63.3 Å². The van der Waals surface area contributed by atoms with Crippen LogP contribution in [0.4, 0.5) is 0 Å². The maximum Gasteiger partial charge on any atom is 0.469 e. The van der Waals surface area contributed by atoms with Crippen LogP contribution in [0.3, 0.4) is 0 Å². The lowest BCUT2D eigenvalue weighted by Gasteiger charge is -2.31. The summed E-state index contributed by atoms with van der Waals surface area (Å²) in [6, 6.07) is 0. The Hall–Kier alpha value is -2.51. The van der Waals surface area contributed by atoms with Crippen LogP contribution in [0.2, 0.25) is 0 Å². The number of carbonyl (C=O) groups excluding carboxylic acids is 8. The van der Waals surface area contributed by atoms with Gasteiger partial charge in [-0.1, -0.05) is 27.7 Å². The number of hydrogen-bond donors (Lipinski definition) is 7. The minimum Gasteiger partial charge on any atom is -0.465 e. The molecule has 0 spiro atoms. The SMILES string of the molecule is CC(CSCCC(=O)OCC(COC(=O)CCSCC(C)C(=O)OCCOP(=O)(O)O)(COC(=O)CCSCC(C)C(=O)OCCOP(=O)(O)O)COC(=O)CCSCC(C)C(=O)OCCOP(=O)(O)O)C(N)=O. The predicted octanol–water partition coefficient (Wildman–Crippen LogP) is 1.63. The van der Waals surface area contributed by atoms with Gasteiger partial charge in [0, 0.05) is 51.9 Å². The third-order valence-corrected chi connectivity index (χ3v) is 15.4. The zero-order valence-corrected chi connectivity index (χ0v) is 47.1. The van der Waals surface area contributed by atoms with E-state index in [2.05, 4.69) is 13.6 Å². The number of ether oxygens (including phenoxy) is 7. The Bertz CT molecular complexity index is 1730. The van der Waals surface area contributed by atoms with Crippen LogP contribution in [0.25, 0.3) is 0 Å². The van der Waals surface area contributed by atoms with Crippen molar-refractivity contribution < 1.29 is 128 Å². The van der Waals surface area contributed by atoms with E-state index >= 15 is 0 Å². The third kappa shape index (κ3) is 40.7. The smallest absolute Gasteiger partial charge is 0.465 e.